The summed E-state index contributed by atoms with van der Waals surface area (Å²) in [7, 11) is 0. The average Bonchev–Trinajstić information content (AvgIpc) is 1.62. The molecule has 3 aromatic heterocycles. The highest BCUT2D eigenvalue weighted by atomic mass is 32.2. The van der Waals surface area contributed by atoms with Crippen LogP contribution in [0, 0.1) is 17.8 Å². The number of ketones is 2. The summed E-state index contributed by atoms with van der Waals surface area (Å²) in [4.78, 5) is 174. The number of hydrogen-bond acceptors (Lipinski definition) is 30. The number of hydrogen-bond donors (Lipinski definition) is 7. The number of aliphatic imine (C=N–C) groups is 3. The third-order valence-electron chi connectivity index (χ3n) is 19.8. The summed E-state index contributed by atoms with van der Waals surface area (Å²) in [5.41, 5.74) is 0.905. The van der Waals surface area contributed by atoms with Crippen LogP contribution in [-0.4, -0.2) is 198 Å². The largest absolute Gasteiger partial charge is 0.479 e. The highest BCUT2D eigenvalue weighted by Crippen LogP contribution is 2.45. The minimum Gasteiger partial charge on any atom is -0.479 e. The number of allylic oxidation sites excluding steroid dienone is 3. The molecule has 37 heteroatoms. The molecule has 130 heavy (non-hydrogen) atoms. The topological polar surface area (TPSA) is 473 Å². The van der Waals surface area contributed by atoms with Crippen LogP contribution in [0.1, 0.15) is 247 Å². The summed E-state index contributed by atoms with van der Waals surface area (Å²) in [5.74, 6) is -3.85. The molecule has 35 nitrogen and oxygen atoms in total. The maximum Gasteiger partial charge on any atom is 0.408 e. The van der Waals surface area contributed by atoms with Crippen molar-refractivity contribution in [3.8, 4) is 11.1 Å². The lowest BCUT2D eigenvalue weighted by molar-refractivity contribution is -0.154. The summed E-state index contributed by atoms with van der Waals surface area (Å²) >= 11 is 2.78. The molecule has 5 aliphatic rings. The molecular formula is C93H126N12O23S2. The third-order valence-corrected chi connectivity index (χ3v) is 21.9. The van der Waals surface area contributed by atoms with Crippen molar-refractivity contribution in [3.63, 3.8) is 0 Å². The van der Waals surface area contributed by atoms with Crippen LogP contribution in [0.2, 0.25) is 0 Å². The van der Waals surface area contributed by atoms with Crippen molar-refractivity contribution in [3.05, 3.63) is 148 Å². The number of rotatable bonds is 32. The second kappa shape index (κ2) is 48.7. The van der Waals surface area contributed by atoms with Crippen LogP contribution in [0.15, 0.2) is 127 Å². The normalized spacial score (nSPS) is 19.9. The van der Waals surface area contributed by atoms with Gasteiger partial charge in [0.15, 0.2) is 22.5 Å². The van der Waals surface area contributed by atoms with Gasteiger partial charge in [0.1, 0.15) is 113 Å². The number of thiazole rings is 1. The van der Waals surface area contributed by atoms with E-state index in [1.807, 2.05) is 96.3 Å². The van der Waals surface area contributed by atoms with Crippen LogP contribution in [0.3, 0.4) is 0 Å². The molecule has 1 aliphatic carbocycles. The molecule has 708 valence electrons. The third kappa shape index (κ3) is 32.6. The van der Waals surface area contributed by atoms with Crippen LogP contribution >= 0.6 is 23.1 Å². The van der Waals surface area contributed by atoms with Crippen LogP contribution in [0.4, 0.5) is 14.4 Å². The summed E-state index contributed by atoms with van der Waals surface area (Å²) in [6.45, 7) is 35.7. The van der Waals surface area contributed by atoms with Crippen molar-refractivity contribution in [2.75, 3.05) is 25.6 Å². The highest BCUT2D eigenvalue weighted by molar-refractivity contribution is 8.14. The number of carboxylic acid groups (broad SMARTS) is 1. The number of unbranched alkanes of at least 4 members (excludes halogenated alkanes) is 3. The molecule has 0 radical (unpaired) electrons. The summed E-state index contributed by atoms with van der Waals surface area (Å²) in [5, 5.41) is 28.4. The molecule has 0 spiro atoms. The number of oxazole rings is 2. The second-order valence-electron chi connectivity index (χ2n) is 35.3. The Morgan fingerprint density at radius 2 is 1.17 bits per heavy atom. The number of aromatic nitrogens is 3. The summed E-state index contributed by atoms with van der Waals surface area (Å²) in [6, 6.07) is 13.5. The standard InChI is InChI=1S/C29H35NO5.C28H42N4O6S2.C22H30N4O6.C14H19N3O6/c1-5-6-7-12-21(17-20(4)31)35-28(32)27(19(2)3)30-29(33)34-18-26-24-15-10-8-13-22(24)23-14-9-11-16-25(23)26;1-9-10-11-12-19(13-18(4)33)37-24(34)22(17(2)3)31-25(35)28(8)16-40-23(32-28)20-15-39-21(30-20)14-29-26(36)38-27(5,6)7;1-5-6-7-8-14-9-16(27)23-10-17-24-15(11-30-17)19-26-22(4,12-31-19)21(29)25-18(13(2)3)20(28)32-14;1-13(2,3)23-12(20)15-5-9-16-8(6-21-9)10-17-14(4,7-22-10)11(18)19/h7-16,19,21,26-27H,5-6,17-18H2,1-4H3,(H,30,33);11-12,15,17,19,22H,9-10,13-14,16H2,1-8H3,(H,29,36)(H,31,35);7-8,11,13-14,18H,5-6,9-10,12H2,1-4H3,(H,23,27)(H,25,29);6H,5,7H2,1-4H3,(H,15,20)(H,18,19)/b12-7+;12-11+;8-7+;/t21-,27+;19?,22-,28-;14?,18-,22-;14-/m1000/s1. The Labute approximate surface area is 766 Å². The van der Waals surface area contributed by atoms with E-state index in [-0.39, 0.29) is 129 Å². The molecule has 2 aromatic carbocycles. The number of carbonyl (C=O) groups is 12. The first kappa shape index (κ1) is 105. The number of amides is 6. The Balaban J connectivity index is 0.000000241. The number of carboxylic acids is 1. The Hall–Kier alpha value is -11.9. The van der Waals surface area contributed by atoms with E-state index in [2.05, 4.69) is 86.1 Å². The van der Waals surface area contributed by atoms with E-state index in [0.29, 0.717) is 27.2 Å². The van der Waals surface area contributed by atoms with Gasteiger partial charge in [0.2, 0.25) is 35.4 Å². The maximum atomic E-state index is 13.3. The number of Topliss-reactive ketones (excluding diaryl/α,β-unsaturated/α-hetero) is 2. The second-order valence-corrected chi connectivity index (χ2v) is 37.2. The number of fused-ring (bicyclic) bond motifs is 7. The van der Waals surface area contributed by atoms with Gasteiger partial charge in [-0.3, -0.25) is 29.0 Å². The lowest BCUT2D eigenvalue weighted by atomic mass is 9.98. The minimum absolute atomic E-state index is 0.00462. The molecule has 4 aliphatic heterocycles. The molecule has 0 saturated carbocycles. The molecule has 0 fully saturated rings. The van der Waals surface area contributed by atoms with Crippen molar-refractivity contribution >= 4 is 111 Å². The number of nitrogens with zero attached hydrogens (tertiary/aromatic N) is 6. The molecule has 5 aromatic rings. The van der Waals surface area contributed by atoms with Crippen LogP contribution in [0.5, 0.6) is 0 Å². The highest BCUT2D eigenvalue weighted by Gasteiger charge is 2.46. The zero-order valence-electron chi connectivity index (χ0n) is 77.8. The van der Waals surface area contributed by atoms with Crippen molar-refractivity contribution in [1.29, 1.82) is 0 Å². The molecular weight excluding hydrogens is 1720 g/mol. The first-order valence-electron chi connectivity index (χ1n) is 43.5. The van der Waals surface area contributed by atoms with Gasteiger partial charge in [0.05, 0.1) is 26.1 Å². The fourth-order valence-corrected chi connectivity index (χ4v) is 14.8. The van der Waals surface area contributed by atoms with Crippen LogP contribution < -0.4 is 31.9 Å². The van der Waals surface area contributed by atoms with E-state index in [9.17, 15) is 57.5 Å². The quantitative estimate of drug-likeness (QED) is 0.0119. The maximum absolute atomic E-state index is 13.3. The Kier molecular flexibility index (Phi) is 39.4. The van der Waals surface area contributed by atoms with Gasteiger partial charge in [0.25, 0.3) is 5.91 Å². The number of esters is 3. The molecule has 7 N–H and O–H groups in total. The Bertz CT molecular complexity index is 4930. The SMILES string of the molecule is CC(C)(C)OC(=O)NCc1nc(C2=N[C@](C)(C(=O)O)CO2)co1.CCC/C=C/C(CC(C)=O)OC(=O)[C@@H](NC(=O)[C@]1(C)CSC(c2csc(CNC(=O)OC(C)(C)C)n2)=N1)C(C)C.CCC/C=C/C1CC(=O)NCc2nc(co2)C2=N[C@@](C)(CO2)C(=O)N[C@@H](C(C)C)C(=O)O1.CCC/C=C/[C@H](CC(C)=O)OC(=O)[C@@H](NC(=O)OCC1c2ccccc2-c2ccccc21)C(C)C. The van der Waals surface area contributed by atoms with Gasteiger partial charge in [0, 0.05) is 29.9 Å². The Morgan fingerprint density at radius 3 is 1.71 bits per heavy atom. The van der Waals surface area contributed by atoms with Crippen molar-refractivity contribution in [1.82, 2.24) is 46.9 Å². The van der Waals surface area contributed by atoms with E-state index in [1.54, 1.807) is 87.5 Å². The zero-order chi connectivity index (χ0) is 96.0. The first-order valence-corrected chi connectivity index (χ1v) is 45.4. The number of alkyl carbamates (subject to hydrolysis) is 3. The van der Waals surface area contributed by atoms with Crippen molar-refractivity contribution < 1.29 is 109 Å². The molecule has 9 atom stereocenters. The predicted octanol–water partition coefficient (Wildman–Crippen LogP) is 13.6. The van der Waals surface area contributed by atoms with Gasteiger partial charge >= 0.3 is 42.2 Å². The molecule has 2 unspecified atom stereocenters. The molecule has 10 rings (SSSR count). The van der Waals surface area contributed by atoms with E-state index < -0.39 is 118 Å². The van der Waals surface area contributed by atoms with Gasteiger partial charge < -0.3 is 83.7 Å². The number of ether oxygens (including phenoxy) is 8. The first-order chi connectivity index (χ1) is 61.2. The van der Waals surface area contributed by atoms with Crippen LogP contribution in [-0.2, 0) is 101 Å². The minimum atomic E-state index is -1.33. The number of benzene rings is 2. The van der Waals surface area contributed by atoms with E-state index in [1.165, 1.54) is 56.4 Å². The van der Waals surface area contributed by atoms with Gasteiger partial charge in [-0.05, 0) is 154 Å². The molecule has 6 amide bonds. The van der Waals surface area contributed by atoms with Gasteiger partial charge in [-0.1, -0.05) is 148 Å². The summed E-state index contributed by atoms with van der Waals surface area (Å²) in [6.07, 6.45) is 15.0. The molecule has 4 bridgehead atoms. The van der Waals surface area contributed by atoms with Crippen molar-refractivity contribution in [2.45, 2.75) is 286 Å². The fraction of sp³-hybridized carbons (Fsp3) is 0.548. The zero-order valence-corrected chi connectivity index (χ0v) is 79.5. The predicted molar refractivity (Wildman–Crippen MR) is 487 cm³/mol. The molecule has 0 saturated heterocycles. The lowest BCUT2D eigenvalue weighted by Crippen LogP contribution is -2.53. The smallest absolute Gasteiger partial charge is 0.408 e. The lowest BCUT2D eigenvalue weighted by Gasteiger charge is -2.27. The van der Waals surface area contributed by atoms with E-state index in [0.717, 1.165) is 60.8 Å². The Morgan fingerprint density at radius 1 is 0.638 bits per heavy atom. The van der Waals surface area contributed by atoms with Gasteiger partial charge in [-0.2, -0.15) is 0 Å². The number of carbonyl (C=O) groups excluding carboxylic acids is 11. The number of nitrogens with one attached hydrogen (secondary N) is 6. The van der Waals surface area contributed by atoms with E-state index >= 15 is 0 Å². The monoisotopic (exact) mass is 1840 g/mol. The van der Waals surface area contributed by atoms with Gasteiger partial charge in [-0.15, -0.1) is 23.1 Å². The fourth-order valence-electron chi connectivity index (χ4n) is 12.8. The molecule has 7 heterocycles. The van der Waals surface area contributed by atoms with E-state index in [4.69, 9.17) is 51.8 Å². The van der Waals surface area contributed by atoms with Crippen LogP contribution in [0.25, 0.3) is 11.1 Å². The van der Waals surface area contributed by atoms with Crippen molar-refractivity contribution in [2.24, 2.45) is 32.7 Å². The number of cyclic esters (lactones) is 1. The number of aliphatic carboxylic acids is 1. The number of thioether (sulfide) groups is 1. The summed E-state index contributed by atoms with van der Waals surface area (Å²) < 4.78 is 54.2. The average molecular weight is 1840 g/mol. The van der Waals surface area contributed by atoms with Gasteiger partial charge in [-0.25, -0.2) is 58.5 Å².